The van der Waals surface area contributed by atoms with Crippen LogP contribution in [0, 0.1) is 0 Å². The molecule has 2 nitrogen and oxygen atoms in total. The zero-order valence-corrected chi connectivity index (χ0v) is 8.74. The van der Waals surface area contributed by atoms with Crippen LogP contribution in [0.5, 0.6) is 0 Å². The molecule has 0 amide bonds. The van der Waals surface area contributed by atoms with E-state index in [0.717, 1.165) is 25.9 Å². The summed E-state index contributed by atoms with van der Waals surface area (Å²) in [6.45, 7) is 4.25. The van der Waals surface area contributed by atoms with Crippen molar-refractivity contribution in [3.63, 3.8) is 0 Å². The van der Waals surface area contributed by atoms with Crippen LogP contribution in [0.25, 0.3) is 0 Å². The summed E-state index contributed by atoms with van der Waals surface area (Å²) < 4.78 is 0. The Balaban J connectivity index is 2.14. The van der Waals surface area contributed by atoms with Crippen LogP contribution < -0.4 is 5.32 Å². The normalized spacial score (nSPS) is 10.9. The standard InChI is InChI=1S/C12H18N2/c1-2-13-9-5-3-4-6-12-7-10-14-11-8-12/h3-4,7-8,10-11,13H,2,5-6,9H2,1H3. The van der Waals surface area contributed by atoms with Gasteiger partial charge in [-0.2, -0.15) is 0 Å². The van der Waals surface area contributed by atoms with E-state index in [2.05, 4.69) is 41.5 Å². The van der Waals surface area contributed by atoms with Crippen molar-refractivity contribution in [3.05, 3.63) is 42.2 Å². The van der Waals surface area contributed by atoms with Crippen molar-refractivity contribution in [2.45, 2.75) is 19.8 Å². The predicted octanol–water partition coefficient (Wildman–Crippen LogP) is 2.18. The van der Waals surface area contributed by atoms with Gasteiger partial charge in [-0.15, -0.1) is 0 Å². The topological polar surface area (TPSA) is 24.9 Å². The molecule has 0 aromatic carbocycles. The Kier molecular flexibility index (Phi) is 5.68. The molecule has 0 radical (unpaired) electrons. The summed E-state index contributed by atoms with van der Waals surface area (Å²) in [5, 5.41) is 3.29. The summed E-state index contributed by atoms with van der Waals surface area (Å²) in [5.74, 6) is 0. The molecule has 0 spiro atoms. The number of pyridine rings is 1. The molecule has 0 saturated carbocycles. The molecular weight excluding hydrogens is 172 g/mol. The summed E-state index contributed by atoms with van der Waals surface area (Å²) in [7, 11) is 0. The maximum atomic E-state index is 3.98. The maximum absolute atomic E-state index is 3.98. The fourth-order valence-electron chi connectivity index (χ4n) is 1.22. The number of rotatable bonds is 6. The second kappa shape index (κ2) is 7.27. The van der Waals surface area contributed by atoms with Crippen molar-refractivity contribution in [2.75, 3.05) is 13.1 Å². The second-order valence-electron chi connectivity index (χ2n) is 3.17. The van der Waals surface area contributed by atoms with Crippen LogP contribution in [0.15, 0.2) is 36.7 Å². The van der Waals surface area contributed by atoms with Crippen LogP contribution in [-0.2, 0) is 6.42 Å². The fraction of sp³-hybridized carbons (Fsp3) is 0.417. The van der Waals surface area contributed by atoms with Gasteiger partial charge in [0.05, 0.1) is 0 Å². The average Bonchev–Trinajstić information content (AvgIpc) is 2.25. The number of hydrogen-bond acceptors (Lipinski definition) is 2. The minimum absolute atomic E-state index is 1.01. The first kappa shape index (κ1) is 10.9. The molecular formula is C12H18N2. The molecule has 0 unspecified atom stereocenters. The van der Waals surface area contributed by atoms with Crippen molar-refractivity contribution in [3.8, 4) is 0 Å². The van der Waals surface area contributed by atoms with Gasteiger partial charge in [-0.25, -0.2) is 0 Å². The molecule has 0 aliphatic heterocycles. The van der Waals surface area contributed by atoms with Gasteiger partial charge in [-0.3, -0.25) is 4.98 Å². The molecule has 0 aliphatic rings. The number of aromatic nitrogens is 1. The zero-order chi connectivity index (χ0) is 10.1. The third-order valence-electron chi connectivity index (χ3n) is 2.01. The predicted molar refractivity (Wildman–Crippen MR) is 60.2 cm³/mol. The SMILES string of the molecule is CCNCCC=CCc1ccncc1. The lowest BCUT2D eigenvalue weighted by Gasteiger charge is -1.96. The maximum Gasteiger partial charge on any atom is 0.0270 e. The minimum atomic E-state index is 1.01. The van der Waals surface area contributed by atoms with Gasteiger partial charge in [0.1, 0.15) is 0 Å². The Morgan fingerprint density at radius 3 is 2.79 bits per heavy atom. The van der Waals surface area contributed by atoms with Crippen molar-refractivity contribution in [2.24, 2.45) is 0 Å². The molecule has 1 aromatic heterocycles. The highest BCUT2D eigenvalue weighted by Crippen LogP contribution is 1.98. The molecule has 0 atom stereocenters. The number of nitrogens with one attached hydrogen (secondary N) is 1. The lowest BCUT2D eigenvalue weighted by atomic mass is 10.2. The first-order valence-electron chi connectivity index (χ1n) is 5.18. The molecule has 14 heavy (non-hydrogen) atoms. The highest BCUT2D eigenvalue weighted by Gasteiger charge is 1.85. The van der Waals surface area contributed by atoms with Crippen LogP contribution in [0.3, 0.4) is 0 Å². The second-order valence-corrected chi connectivity index (χ2v) is 3.17. The van der Waals surface area contributed by atoms with Gasteiger partial charge < -0.3 is 5.32 Å². The zero-order valence-electron chi connectivity index (χ0n) is 8.74. The summed E-state index contributed by atoms with van der Waals surface area (Å²) in [6, 6.07) is 4.10. The van der Waals surface area contributed by atoms with E-state index in [1.165, 1.54) is 5.56 Å². The van der Waals surface area contributed by atoms with Crippen molar-refractivity contribution in [1.82, 2.24) is 10.3 Å². The van der Waals surface area contributed by atoms with Crippen LogP contribution in [-0.4, -0.2) is 18.1 Å². The quantitative estimate of drug-likeness (QED) is 0.549. The Labute approximate surface area is 86.1 Å². The first-order chi connectivity index (χ1) is 6.93. The third kappa shape index (κ3) is 4.77. The van der Waals surface area contributed by atoms with Gasteiger partial charge in [0.15, 0.2) is 0 Å². The molecule has 76 valence electrons. The fourth-order valence-corrected chi connectivity index (χ4v) is 1.22. The van der Waals surface area contributed by atoms with Crippen molar-refractivity contribution in [1.29, 1.82) is 0 Å². The van der Waals surface area contributed by atoms with Gasteiger partial charge in [0.25, 0.3) is 0 Å². The van der Waals surface area contributed by atoms with Gasteiger partial charge in [0, 0.05) is 12.4 Å². The molecule has 0 bridgehead atoms. The molecule has 1 rings (SSSR count). The van der Waals surface area contributed by atoms with E-state index in [1.807, 2.05) is 12.4 Å². The van der Waals surface area contributed by atoms with E-state index in [-0.39, 0.29) is 0 Å². The van der Waals surface area contributed by atoms with Gasteiger partial charge in [-0.1, -0.05) is 19.1 Å². The number of hydrogen-bond donors (Lipinski definition) is 1. The Bertz CT molecular complexity index is 254. The summed E-state index contributed by atoms with van der Waals surface area (Å²) in [4.78, 5) is 3.98. The summed E-state index contributed by atoms with van der Waals surface area (Å²) in [6.07, 6.45) is 10.2. The molecule has 0 aliphatic carbocycles. The summed E-state index contributed by atoms with van der Waals surface area (Å²) >= 11 is 0. The first-order valence-corrected chi connectivity index (χ1v) is 5.18. The van der Waals surface area contributed by atoms with Crippen LogP contribution in [0.1, 0.15) is 18.9 Å². The Hall–Kier alpha value is -1.15. The van der Waals surface area contributed by atoms with Crippen LogP contribution >= 0.6 is 0 Å². The number of nitrogens with zero attached hydrogens (tertiary/aromatic N) is 1. The highest BCUT2D eigenvalue weighted by atomic mass is 14.8. The van der Waals surface area contributed by atoms with Gasteiger partial charge in [-0.05, 0) is 43.6 Å². The number of allylic oxidation sites excluding steroid dienone is 1. The molecule has 1 heterocycles. The summed E-state index contributed by atoms with van der Waals surface area (Å²) in [5.41, 5.74) is 1.32. The third-order valence-corrected chi connectivity index (χ3v) is 2.01. The molecule has 0 fully saturated rings. The lowest BCUT2D eigenvalue weighted by molar-refractivity contribution is 0.726. The van der Waals surface area contributed by atoms with E-state index >= 15 is 0 Å². The Morgan fingerprint density at radius 2 is 2.07 bits per heavy atom. The molecule has 1 N–H and O–H groups in total. The van der Waals surface area contributed by atoms with Gasteiger partial charge in [0.2, 0.25) is 0 Å². The van der Waals surface area contributed by atoms with E-state index in [1.54, 1.807) is 0 Å². The van der Waals surface area contributed by atoms with E-state index < -0.39 is 0 Å². The molecule has 1 aromatic rings. The van der Waals surface area contributed by atoms with Crippen LogP contribution in [0.2, 0.25) is 0 Å². The van der Waals surface area contributed by atoms with E-state index in [0.29, 0.717) is 0 Å². The van der Waals surface area contributed by atoms with Crippen LogP contribution in [0.4, 0.5) is 0 Å². The largest absolute Gasteiger partial charge is 0.317 e. The molecule has 0 saturated heterocycles. The highest BCUT2D eigenvalue weighted by molar-refractivity contribution is 5.13. The monoisotopic (exact) mass is 190 g/mol. The Morgan fingerprint density at radius 1 is 1.29 bits per heavy atom. The van der Waals surface area contributed by atoms with Gasteiger partial charge >= 0.3 is 0 Å². The molecule has 2 heteroatoms. The average molecular weight is 190 g/mol. The van der Waals surface area contributed by atoms with Crippen molar-refractivity contribution < 1.29 is 0 Å². The smallest absolute Gasteiger partial charge is 0.0270 e. The van der Waals surface area contributed by atoms with E-state index in [4.69, 9.17) is 0 Å². The van der Waals surface area contributed by atoms with E-state index in [9.17, 15) is 0 Å². The lowest BCUT2D eigenvalue weighted by Crippen LogP contribution is -2.12. The van der Waals surface area contributed by atoms with Crippen molar-refractivity contribution >= 4 is 0 Å². The minimum Gasteiger partial charge on any atom is -0.317 e.